The maximum Gasteiger partial charge on any atom is 0.170 e. The van der Waals surface area contributed by atoms with Crippen LogP contribution in [0, 0.1) is 11.6 Å². The number of thiocarbonyl (C=S) groups is 1. The van der Waals surface area contributed by atoms with Gasteiger partial charge in [0.05, 0.1) is 5.69 Å². The summed E-state index contributed by atoms with van der Waals surface area (Å²) in [6.07, 6.45) is 0.796. The third-order valence-corrected chi connectivity index (χ3v) is 2.24. The number of rotatable bonds is 5. The van der Waals surface area contributed by atoms with E-state index in [1.54, 1.807) is 7.11 Å². The maximum atomic E-state index is 13.2. The lowest BCUT2D eigenvalue weighted by Gasteiger charge is -2.10. The van der Waals surface area contributed by atoms with Crippen molar-refractivity contribution in [3.8, 4) is 0 Å². The third-order valence-electron chi connectivity index (χ3n) is 1.99. The Morgan fingerprint density at radius 3 is 2.82 bits per heavy atom. The molecule has 1 rings (SSSR count). The van der Waals surface area contributed by atoms with E-state index in [4.69, 9.17) is 17.0 Å². The lowest BCUT2D eigenvalue weighted by Crippen LogP contribution is -2.30. The zero-order valence-electron chi connectivity index (χ0n) is 9.43. The van der Waals surface area contributed by atoms with Gasteiger partial charge >= 0.3 is 0 Å². The largest absolute Gasteiger partial charge is 0.385 e. The highest BCUT2D eigenvalue weighted by atomic mass is 32.1. The second kappa shape index (κ2) is 7.13. The summed E-state index contributed by atoms with van der Waals surface area (Å²) in [5.41, 5.74) is 0.149. The van der Waals surface area contributed by atoms with Crippen molar-refractivity contribution in [1.82, 2.24) is 5.32 Å². The molecule has 0 bridgehead atoms. The Kier molecular flexibility index (Phi) is 5.79. The van der Waals surface area contributed by atoms with E-state index in [1.165, 1.54) is 12.1 Å². The molecule has 0 saturated carbocycles. The van der Waals surface area contributed by atoms with Crippen LogP contribution in [0.5, 0.6) is 0 Å². The fourth-order valence-electron chi connectivity index (χ4n) is 1.18. The van der Waals surface area contributed by atoms with Gasteiger partial charge in [-0.05, 0) is 30.8 Å². The summed E-state index contributed by atoms with van der Waals surface area (Å²) in [7, 11) is 1.62. The van der Waals surface area contributed by atoms with Crippen LogP contribution in [0.4, 0.5) is 14.5 Å². The van der Waals surface area contributed by atoms with Gasteiger partial charge in [-0.15, -0.1) is 0 Å². The van der Waals surface area contributed by atoms with E-state index >= 15 is 0 Å². The first-order chi connectivity index (χ1) is 8.13. The van der Waals surface area contributed by atoms with Crippen LogP contribution < -0.4 is 10.6 Å². The molecule has 0 aliphatic carbocycles. The molecule has 0 aromatic heterocycles. The third kappa shape index (κ3) is 5.06. The van der Waals surface area contributed by atoms with E-state index in [9.17, 15) is 8.78 Å². The fourth-order valence-corrected chi connectivity index (χ4v) is 1.39. The minimum absolute atomic E-state index is 0.149. The van der Waals surface area contributed by atoms with Crippen LogP contribution in [0.3, 0.4) is 0 Å². The summed E-state index contributed by atoms with van der Waals surface area (Å²) in [5.74, 6) is -1.29. The smallest absolute Gasteiger partial charge is 0.170 e. The van der Waals surface area contributed by atoms with Crippen molar-refractivity contribution in [2.45, 2.75) is 6.42 Å². The average Bonchev–Trinajstić information content (AvgIpc) is 2.28. The second-order valence-corrected chi connectivity index (χ2v) is 3.76. The molecule has 2 N–H and O–H groups in total. The Morgan fingerprint density at radius 2 is 2.18 bits per heavy atom. The number of nitrogens with one attached hydrogen (secondary N) is 2. The van der Waals surface area contributed by atoms with Gasteiger partial charge in [-0.3, -0.25) is 0 Å². The lowest BCUT2D eigenvalue weighted by atomic mass is 10.3. The molecule has 1 aromatic carbocycles. The summed E-state index contributed by atoms with van der Waals surface area (Å²) in [5, 5.41) is 5.84. The molecule has 94 valence electrons. The molecule has 0 atom stereocenters. The summed E-state index contributed by atoms with van der Waals surface area (Å²) in [4.78, 5) is 0. The average molecular weight is 260 g/mol. The number of hydrogen-bond acceptors (Lipinski definition) is 2. The van der Waals surface area contributed by atoms with Crippen LogP contribution in [-0.4, -0.2) is 25.4 Å². The molecule has 0 heterocycles. The molecule has 0 amide bonds. The van der Waals surface area contributed by atoms with Crippen molar-refractivity contribution in [3.05, 3.63) is 29.8 Å². The molecule has 0 aliphatic heterocycles. The summed E-state index contributed by atoms with van der Waals surface area (Å²) >= 11 is 4.95. The lowest BCUT2D eigenvalue weighted by molar-refractivity contribution is 0.196. The highest BCUT2D eigenvalue weighted by molar-refractivity contribution is 7.80. The molecule has 1 aromatic rings. The van der Waals surface area contributed by atoms with Gasteiger partial charge in [0.2, 0.25) is 0 Å². The number of halogens is 2. The Hall–Kier alpha value is -1.27. The van der Waals surface area contributed by atoms with Gasteiger partial charge in [0, 0.05) is 26.3 Å². The van der Waals surface area contributed by atoms with Gasteiger partial charge in [-0.2, -0.15) is 0 Å². The Balaban J connectivity index is 2.40. The molecule has 3 nitrogen and oxygen atoms in total. The molecule has 0 spiro atoms. The van der Waals surface area contributed by atoms with Crippen LogP contribution in [0.1, 0.15) is 6.42 Å². The van der Waals surface area contributed by atoms with Crippen molar-refractivity contribution in [3.63, 3.8) is 0 Å². The summed E-state index contributed by atoms with van der Waals surface area (Å²) in [6, 6.07) is 3.27. The van der Waals surface area contributed by atoms with Crippen LogP contribution in [-0.2, 0) is 4.74 Å². The predicted molar refractivity (Wildman–Crippen MR) is 67.1 cm³/mol. The van der Waals surface area contributed by atoms with Crippen LogP contribution in [0.15, 0.2) is 18.2 Å². The van der Waals surface area contributed by atoms with Crippen molar-refractivity contribution < 1.29 is 13.5 Å². The Labute approximate surface area is 104 Å². The molecule has 6 heteroatoms. The van der Waals surface area contributed by atoms with E-state index in [0.29, 0.717) is 18.3 Å². The zero-order valence-corrected chi connectivity index (χ0v) is 10.2. The van der Waals surface area contributed by atoms with E-state index in [2.05, 4.69) is 10.6 Å². The highest BCUT2D eigenvalue weighted by Crippen LogP contribution is 2.14. The topological polar surface area (TPSA) is 33.3 Å². The molecule has 17 heavy (non-hydrogen) atoms. The van der Waals surface area contributed by atoms with E-state index in [0.717, 1.165) is 12.5 Å². The first-order valence-corrected chi connectivity index (χ1v) is 5.53. The molecule has 0 aliphatic rings. The number of methoxy groups -OCH3 is 1. The van der Waals surface area contributed by atoms with Gasteiger partial charge in [-0.1, -0.05) is 0 Å². The number of hydrogen-bond donors (Lipinski definition) is 2. The zero-order chi connectivity index (χ0) is 12.7. The first kappa shape index (κ1) is 13.8. The fraction of sp³-hybridized carbons (Fsp3) is 0.364. The Bertz CT molecular complexity index is 388. The maximum absolute atomic E-state index is 13.2. The monoisotopic (exact) mass is 260 g/mol. The predicted octanol–water partition coefficient (Wildman–Crippen LogP) is 2.29. The quantitative estimate of drug-likeness (QED) is 0.628. The molecule has 0 saturated heterocycles. The van der Waals surface area contributed by atoms with E-state index in [1.807, 2.05) is 0 Å². The normalized spacial score (nSPS) is 10.1. The molecule has 0 unspecified atom stereocenters. The minimum Gasteiger partial charge on any atom is -0.385 e. The van der Waals surface area contributed by atoms with Crippen LogP contribution in [0.2, 0.25) is 0 Å². The number of ether oxygens (including phenoxy) is 1. The summed E-state index contributed by atoms with van der Waals surface area (Å²) in [6.45, 7) is 1.25. The van der Waals surface area contributed by atoms with E-state index in [-0.39, 0.29) is 5.69 Å². The standard InChI is InChI=1S/C11H14F2N2OS/c1-16-6-2-5-14-11(17)15-10-4-3-8(12)7-9(10)13/h3-4,7H,2,5-6H2,1H3,(H2,14,15,17). The molecule has 0 fully saturated rings. The summed E-state index contributed by atoms with van der Waals surface area (Å²) < 4.78 is 30.8. The Morgan fingerprint density at radius 1 is 1.41 bits per heavy atom. The number of benzene rings is 1. The van der Waals surface area contributed by atoms with Gasteiger partial charge in [0.25, 0.3) is 0 Å². The highest BCUT2D eigenvalue weighted by Gasteiger charge is 2.04. The molecular formula is C11H14F2N2OS. The van der Waals surface area contributed by atoms with Crippen LogP contribution >= 0.6 is 12.2 Å². The van der Waals surface area contributed by atoms with Gasteiger partial charge in [0.1, 0.15) is 11.6 Å². The molecular weight excluding hydrogens is 246 g/mol. The van der Waals surface area contributed by atoms with Crippen molar-refractivity contribution in [1.29, 1.82) is 0 Å². The van der Waals surface area contributed by atoms with Gasteiger partial charge < -0.3 is 15.4 Å². The van der Waals surface area contributed by atoms with Gasteiger partial charge in [-0.25, -0.2) is 8.78 Å². The van der Waals surface area contributed by atoms with Crippen molar-refractivity contribution in [2.24, 2.45) is 0 Å². The number of anilines is 1. The van der Waals surface area contributed by atoms with Gasteiger partial charge in [0.15, 0.2) is 5.11 Å². The first-order valence-electron chi connectivity index (χ1n) is 5.12. The van der Waals surface area contributed by atoms with Crippen LogP contribution in [0.25, 0.3) is 0 Å². The minimum atomic E-state index is -0.675. The SMILES string of the molecule is COCCCNC(=S)Nc1ccc(F)cc1F. The second-order valence-electron chi connectivity index (χ2n) is 3.35. The molecule has 0 radical (unpaired) electrons. The van der Waals surface area contributed by atoms with E-state index < -0.39 is 11.6 Å². The van der Waals surface area contributed by atoms with Crippen molar-refractivity contribution in [2.75, 3.05) is 25.6 Å². The van der Waals surface area contributed by atoms with Crippen molar-refractivity contribution >= 4 is 23.0 Å².